The summed E-state index contributed by atoms with van der Waals surface area (Å²) in [5.74, 6) is -0.198. The van der Waals surface area contributed by atoms with Crippen LogP contribution in [0, 0.1) is 5.92 Å². The predicted molar refractivity (Wildman–Crippen MR) is 109 cm³/mol. The number of hydrogen-bond acceptors (Lipinski definition) is 3. The van der Waals surface area contributed by atoms with E-state index < -0.39 is 0 Å². The van der Waals surface area contributed by atoms with Crippen molar-refractivity contribution in [3.05, 3.63) is 59.7 Å². The molecule has 0 atom stereocenters. The molecule has 0 bridgehead atoms. The molecule has 1 saturated heterocycles. The van der Waals surface area contributed by atoms with Gasteiger partial charge in [0, 0.05) is 42.4 Å². The summed E-state index contributed by atoms with van der Waals surface area (Å²) in [6.07, 6.45) is 1.41. The van der Waals surface area contributed by atoms with Crippen molar-refractivity contribution in [3.8, 4) is 0 Å². The maximum atomic E-state index is 12.5. The summed E-state index contributed by atoms with van der Waals surface area (Å²) in [5, 5.41) is 5.73. The Morgan fingerprint density at radius 1 is 1.11 bits per heavy atom. The number of rotatable bonds is 6. The summed E-state index contributed by atoms with van der Waals surface area (Å²) in [6.45, 7) is 4.76. The van der Waals surface area contributed by atoms with Gasteiger partial charge in [0.25, 0.3) is 5.91 Å². The van der Waals surface area contributed by atoms with Crippen LogP contribution in [-0.2, 0) is 16.1 Å². The smallest absolute Gasteiger partial charge is 0.251 e. The van der Waals surface area contributed by atoms with Gasteiger partial charge in [0.15, 0.2) is 0 Å². The normalized spacial score (nSPS) is 13.7. The molecule has 0 aliphatic carbocycles. The first-order valence-electron chi connectivity index (χ1n) is 9.52. The molecule has 1 aliphatic heterocycles. The Kier molecular flexibility index (Phi) is 6.09. The molecule has 0 aromatic heterocycles. The van der Waals surface area contributed by atoms with Crippen molar-refractivity contribution < 1.29 is 14.4 Å². The van der Waals surface area contributed by atoms with E-state index in [4.69, 9.17) is 0 Å². The van der Waals surface area contributed by atoms with Gasteiger partial charge in [-0.15, -0.1) is 0 Å². The second-order valence-corrected chi connectivity index (χ2v) is 7.22. The molecule has 2 aromatic carbocycles. The van der Waals surface area contributed by atoms with Gasteiger partial charge in [0.1, 0.15) is 0 Å². The van der Waals surface area contributed by atoms with Crippen molar-refractivity contribution in [2.45, 2.75) is 33.2 Å². The van der Waals surface area contributed by atoms with E-state index in [2.05, 4.69) is 10.6 Å². The highest BCUT2D eigenvalue weighted by molar-refractivity contribution is 5.99. The molecule has 1 fully saturated rings. The highest BCUT2D eigenvalue weighted by atomic mass is 16.2. The molecule has 0 saturated carbocycles. The van der Waals surface area contributed by atoms with Gasteiger partial charge in [-0.3, -0.25) is 14.4 Å². The van der Waals surface area contributed by atoms with Crippen molar-refractivity contribution in [2.75, 3.05) is 16.8 Å². The van der Waals surface area contributed by atoms with E-state index in [1.807, 2.05) is 44.2 Å². The van der Waals surface area contributed by atoms with E-state index in [0.29, 0.717) is 25.1 Å². The van der Waals surface area contributed by atoms with Crippen molar-refractivity contribution in [1.82, 2.24) is 5.32 Å². The van der Waals surface area contributed by atoms with Crippen molar-refractivity contribution in [2.24, 2.45) is 5.92 Å². The largest absolute Gasteiger partial charge is 0.348 e. The van der Waals surface area contributed by atoms with Crippen LogP contribution in [0.3, 0.4) is 0 Å². The number of anilines is 2. The van der Waals surface area contributed by atoms with Crippen molar-refractivity contribution in [3.63, 3.8) is 0 Å². The van der Waals surface area contributed by atoms with Gasteiger partial charge in [-0.05, 0) is 42.3 Å². The predicted octanol–water partition coefficient (Wildman–Crippen LogP) is 3.34. The van der Waals surface area contributed by atoms with Crippen LogP contribution in [0.5, 0.6) is 0 Å². The fourth-order valence-electron chi connectivity index (χ4n) is 3.01. The SMILES string of the molecule is CC(C)C(=O)Nc1ccc(CNC(=O)c2cccc(N3CCCC3=O)c2)cc1. The number of nitrogens with zero attached hydrogens (tertiary/aromatic N) is 1. The highest BCUT2D eigenvalue weighted by Crippen LogP contribution is 2.22. The first-order valence-corrected chi connectivity index (χ1v) is 9.52. The number of nitrogens with one attached hydrogen (secondary N) is 2. The topological polar surface area (TPSA) is 78.5 Å². The molecule has 2 aromatic rings. The van der Waals surface area contributed by atoms with Gasteiger partial charge < -0.3 is 15.5 Å². The zero-order valence-electron chi connectivity index (χ0n) is 16.2. The standard InChI is InChI=1S/C22H25N3O3/c1-15(2)21(27)24-18-10-8-16(9-11-18)14-23-22(28)17-5-3-6-19(13-17)25-12-4-7-20(25)26/h3,5-6,8-11,13,15H,4,7,12,14H2,1-2H3,(H,23,28)(H,24,27). The average Bonchev–Trinajstić information content (AvgIpc) is 3.13. The maximum Gasteiger partial charge on any atom is 0.251 e. The lowest BCUT2D eigenvalue weighted by atomic mass is 10.1. The Balaban J connectivity index is 1.58. The van der Waals surface area contributed by atoms with E-state index in [0.717, 1.165) is 23.4 Å². The summed E-state index contributed by atoms with van der Waals surface area (Å²) in [7, 11) is 0. The maximum absolute atomic E-state index is 12.5. The minimum atomic E-state index is -0.189. The van der Waals surface area contributed by atoms with Gasteiger partial charge in [-0.1, -0.05) is 32.0 Å². The van der Waals surface area contributed by atoms with Crippen LogP contribution >= 0.6 is 0 Å². The molecule has 1 aliphatic rings. The molecule has 3 amide bonds. The monoisotopic (exact) mass is 379 g/mol. The van der Waals surface area contributed by atoms with E-state index in [-0.39, 0.29) is 23.6 Å². The second kappa shape index (κ2) is 8.69. The van der Waals surface area contributed by atoms with E-state index in [1.54, 1.807) is 23.1 Å². The molecular formula is C22H25N3O3. The van der Waals surface area contributed by atoms with Crippen LogP contribution in [0.1, 0.15) is 42.6 Å². The Morgan fingerprint density at radius 2 is 1.86 bits per heavy atom. The van der Waals surface area contributed by atoms with Crippen molar-refractivity contribution in [1.29, 1.82) is 0 Å². The summed E-state index contributed by atoms with van der Waals surface area (Å²) in [5.41, 5.74) is 2.96. The molecule has 28 heavy (non-hydrogen) atoms. The summed E-state index contributed by atoms with van der Waals surface area (Å²) in [6, 6.07) is 14.5. The van der Waals surface area contributed by atoms with E-state index in [1.165, 1.54) is 0 Å². The molecule has 2 N–H and O–H groups in total. The molecule has 6 nitrogen and oxygen atoms in total. The third kappa shape index (κ3) is 4.76. The second-order valence-electron chi connectivity index (χ2n) is 7.22. The number of carbonyl (C=O) groups excluding carboxylic acids is 3. The Hall–Kier alpha value is -3.15. The third-order valence-corrected chi connectivity index (χ3v) is 4.69. The average molecular weight is 379 g/mol. The van der Waals surface area contributed by atoms with Crippen LogP contribution < -0.4 is 15.5 Å². The van der Waals surface area contributed by atoms with Crippen LogP contribution in [0.15, 0.2) is 48.5 Å². The zero-order valence-corrected chi connectivity index (χ0v) is 16.2. The number of carbonyl (C=O) groups is 3. The molecule has 0 radical (unpaired) electrons. The first kappa shape index (κ1) is 19.6. The van der Waals surface area contributed by atoms with Crippen LogP contribution in [0.2, 0.25) is 0 Å². The molecule has 0 unspecified atom stereocenters. The number of benzene rings is 2. The van der Waals surface area contributed by atoms with Crippen molar-refractivity contribution >= 4 is 29.1 Å². The van der Waals surface area contributed by atoms with E-state index in [9.17, 15) is 14.4 Å². The highest BCUT2D eigenvalue weighted by Gasteiger charge is 2.22. The summed E-state index contributed by atoms with van der Waals surface area (Å²) in [4.78, 5) is 37.8. The minimum Gasteiger partial charge on any atom is -0.348 e. The lowest BCUT2D eigenvalue weighted by Gasteiger charge is -2.16. The van der Waals surface area contributed by atoms with E-state index >= 15 is 0 Å². The quantitative estimate of drug-likeness (QED) is 0.808. The summed E-state index contributed by atoms with van der Waals surface area (Å²) >= 11 is 0. The fraction of sp³-hybridized carbons (Fsp3) is 0.318. The van der Waals surface area contributed by atoms with Crippen LogP contribution in [-0.4, -0.2) is 24.3 Å². The van der Waals surface area contributed by atoms with Gasteiger partial charge >= 0.3 is 0 Å². The molecule has 146 valence electrons. The minimum absolute atomic E-state index is 0.0302. The summed E-state index contributed by atoms with van der Waals surface area (Å²) < 4.78 is 0. The van der Waals surface area contributed by atoms with Crippen LogP contribution in [0.4, 0.5) is 11.4 Å². The lowest BCUT2D eigenvalue weighted by molar-refractivity contribution is -0.119. The fourth-order valence-corrected chi connectivity index (χ4v) is 3.01. The third-order valence-electron chi connectivity index (χ3n) is 4.69. The Labute approximate surface area is 164 Å². The van der Waals surface area contributed by atoms with Gasteiger partial charge in [-0.2, -0.15) is 0 Å². The van der Waals surface area contributed by atoms with Crippen LogP contribution in [0.25, 0.3) is 0 Å². The molecule has 0 spiro atoms. The molecule has 1 heterocycles. The first-order chi connectivity index (χ1) is 13.4. The Bertz CT molecular complexity index is 875. The number of hydrogen-bond donors (Lipinski definition) is 2. The lowest BCUT2D eigenvalue weighted by Crippen LogP contribution is -2.25. The van der Waals surface area contributed by atoms with Gasteiger partial charge in [0.2, 0.25) is 11.8 Å². The Morgan fingerprint density at radius 3 is 2.50 bits per heavy atom. The van der Waals surface area contributed by atoms with Gasteiger partial charge in [-0.25, -0.2) is 0 Å². The molecular weight excluding hydrogens is 354 g/mol. The molecule has 6 heteroatoms. The zero-order chi connectivity index (χ0) is 20.1. The van der Waals surface area contributed by atoms with Gasteiger partial charge in [0.05, 0.1) is 0 Å². The molecule has 3 rings (SSSR count). The number of amides is 3.